The van der Waals surface area contributed by atoms with E-state index in [1.807, 2.05) is 37.3 Å². The molecule has 2 heterocycles. The first-order valence-corrected chi connectivity index (χ1v) is 10.9. The summed E-state index contributed by atoms with van der Waals surface area (Å²) in [5.41, 5.74) is -0.346. The van der Waals surface area contributed by atoms with Crippen LogP contribution in [0.2, 0.25) is 0 Å². The van der Waals surface area contributed by atoms with Gasteiger partial charge in [-0.25, -0.2) is 14.2 Å². The van der Waals surface area contributed by atoms with Crippen LogP contribution in [0.15, 0.2) is 39.9 Å². The van der Waals surface area contributed by atoms with E-state index in [0.29, 0.717) is 16.7 Å². The molecule has 3 aromatic rings. The lowest BCUT2D eigenvalue weighted by molar-refractivity contribution is -0.137. The fraction of sp³-hybridized carbons (Fsp3) is 0.364. The molecule has 0 saturated heterocycles. The molecule has 1 N–H and O–H groups in total. The molecule has 3 rings (SSSR count). The molecule has 1 atom stereocenters. The molecule has 2 aromatic heterocycles. The van der Waals surface area contributed by atoms with Crippen LogP contribution in [0, 0.1) is 6.92 Å². The minimum absolute atomic E-state index is 0.0370. The number of benzene rings is 1. The van der Waals surface area contributed by atoms with E-state index in [9.17, 15) is 24.3 Å². The largest absolute Gasteiger partial charge is 0.480 e. The number of hydrogen-bond donors (Lipinski definition) is 1. The number of esters is 1. The van der Waals surface area contributed by atoms with Crippen molar-refractivity contribution in [3.8, 4) is 0 Å². The summed E-state index contributed by atoms with van der Waals surface area (Å²) in [6, 6.07) is 9.27. The van der Waals surface area contributed by atoms with Crippen molar-refractivity contribution in [2.75, 3.05) is 13.2 Å². The number of hydrogen-bond acceptors (Lipinski definition) is 7. The van der Waals surface area contributed by atoms with Crippen LogP contribution in [-0.4, -0.2) is 39.4 Å². The molecule has 0 spiro atoms. The number of aliphatic carboxylic acids is 1. The first-order chi connectivity index (χ1) is 15.3. The second-order valence-electron chi connectivity index (χ2n) is 6.99. The highest BCUT2D eigenvalue weighted by Crippen LogP contribution is 2.30. The molecule has 1 aromatic carbocycles. The van der Waals surface area contributed by atoms with Crippen LogP contribution in [0.4, 0.5) is 0 Å². The SMILES string of the molecule is CCOC(=O)c1sc2c(c1C)c(=O)n(CC(=O)O)c(=O)n2CC(OCC)c1ccccc1. The summed E-state index contributed by atoms with van der Waals surface area (Å²) in [4.78, 5) is 50.5. The first kappa shape index (κ1) is 23.4. The van der Waals surface area contributed by atoms with E-state index in [2.05, 4.69) is 0 Å². The summed E-state index contributed by atoms with van der Waals surface area (Å²) >= 11 is 0.982. The van der Waals surface area contributed by atoms with Crippen molar-refractivity contribution in [1.29, 1.82) is 0 Å². The average Bonchev–Trinajstić information content (AvgIpc) is 3.11. The minimum Gasteiger partial charge on any atom is -0.480 e. The van der Waals surface area contributed by atoms with Crippen molar-refractivity contribution < 1.29 is 24.2 Å². The summed E-state index contributed by atoms with van der Waals surface area (Å²) in [5.74, 6) is -1.92. The van der Waals surface area contributed by atoms with Gasteiger partial charge in [-0.2, -0.15) is 0 Å². The average molecular weight is 461 g/mol. The van der Waals surface area contributed by atoms with Crippen LogP contribution in [0.3, 0.4) is 0 Å². The van der Waals surface area contributed by atoms with E-state index < -0.39 is 35.8 Å². The van der Waals surface area contributed by atoms with Gasteiger partial charge >= 0.3 is 17.6 Å². The molecule has 170 valence electrons. The molecule has 9 nitrogen and oxygen atoms in total. The fourth-order valence-corrected chi connectivity index (χ4v) is 4.71. The number of carboxylic acids is 1. The van der Waals surface area contributed by atoms with Crippen LogP contribution in [0.5, 0.6) is 0 Å². The number of aromatic nitrogens is 2. The van der Waals surface area contributed by atoms with E-state index in [1.165, 1.54) is 4.57 Å². The second-order valence-corrected chi connectivity index (χ2v) is 7.99. The fourth-order valence-electron chi connectivity index (χ4n) is 3.51. The van der Waals surface area contributed by atoms with Gasteiger partial charge in [-0.15, -0.1) is 11.3 Å². The minimum atomic E-state index is -1.32. The Labute approximate surface area is 187 Å². The van der Waals surface area contributed by atoms with Gasteiger partial charge in [0.25, 0.3) is 5.56 Å². The third kappa shape index (κ3) is 4.51. The van der Waals surface area contributed by atoms with Crippen molar-refractivity contribution in [3.63, 3.8) is 0 Å². The van der Waals surface area contributed by atoms with Crippen molar-refractivity contribution in [3.05, 3.63) is 67.2 Å². The van der Waals surface area contributed by atoms with Crippen molar-refractivity contribution in [1.82, 2.24) is 9.13 Å². The van der Waals surface area contributed by atoms with Gasteiger partial charge in [0, 0.05) is 6.61 Å². The lowest BCUT2D eigenvalue weighted by atomic mass is 10.1. The first-order valence-electron chi connectivity index (χ1n) is 10.1. The number of thiophene rings is 1. The molecule has 0 radical (unpaired) electrons. The third-order valence-electron chi connectivity index (χ3n) is 4.94. The van der Waals surface area contributed by atoms with Crippen molar-refractivity contribution in [2.45, 2.75) is 40.0 Å². The molecule has 0 saturated carbocycles. The number of carbonyl (C=O) groups excluding carboxylic acids is 1. The molecule has 0 amide bonds. The smallest absolute Gasteiger partial charge is 0.348 e. The topological polar surface area (TPSA) is 117 Å². The quantitative estimate of drug-likeness (QED) is 0.488. The molecule has 0 aliphatic heterocycles. The summed E-state index contributed by atoms with van der Waals surface area (Å²) in [5, 5.41) is 9.38. The van der Waals surface area contributed by atoms with E-state index in [-0.39, 0.29) is 28.2 Å². The number of nitrogens with zero attached hydrogens (tertiary/aromatic N) is 2. The lowest BCUT2D eigenvalue weighted by Gasteiger charge is -2.20. The molecule has 10 heteroatoms. The summed E-state index contributed by atoms with van der Waals surface area (Å²) < 4.78 is 12.9. The van der Waals surface area contributed by atoms with Crippen LogP contribution in [0.1, 0.15) is 40.8 Å². The molecular formula is C22H24N2O7S. The molecule has 0 aliphatic rings. The maximum atomic E-state index is 13.2. The van der Waals surface area contributed by atoms with Gasteiger partial charge in [0.1, 0.15) is 22.4 Å². The number of rotatable bonds is 9. The van der Waals surface area contributed by atoms with Crippen LogP contribution in [-0.2, 0) is 27.4 Å². The predicted molar refractivity (Wildman–Crippen MR) is 119 cm³/mol. The number of carboxylic acid groups (broad SMARTS) is 1. The molecule has 0 aliphatic carbocycles. The van der Waals surface area contributed by atoms with E-state index in [4.69, 9.17) is 9.47 Å². The van der Waals surface area contributed by atoms with Crippen LogP contribution < -0.4 is 11.2 Å². The predicted octanol–water partition coefficient (Wildman–Crippen LogP) is 2.57. The Morgan fingerprint density at radius 2 is 1.78 bits per heavy atom. The zero-order chi connectivity index (χ0) is 23.4. The number of aryl methyl sites for hydroxylation is 1. The van der Waals surface area contributed by atoms with Gasteiger partial charge in [0.05, 0.1) is 18.5 Å². The maximum Gasteiger partial charge on any atom is 0.348 e. The van der Waals surface area contributed by atoms with E-state index in [1.54, 1.807) is 13.8 Å². The van der Waals surface area contributed by atoms with Crippen molar-refractivity contribution >= 4 is 33.5 Å². The lowest BCUT2D eigenvalue weighted by Crippen LogP contribution is -2.42. The number of fused-ring (bicyclic) bond motifs is 1. The molecule has 1 unspecified atom stereocenters. The monoisotopic (exact) mass is 460 g/mol. The highest BCUT2D eigenvalue weighted by atomic mass is 32.1. The molecule has 0 fully saturated rings. The summed E-state index contributed by atoms with van der Waals surface area (Å²) in [7, 11) is 0. The van der Waals surface area contributed by atoms with Crippen LogP contribution in [0.25, 0.3) is 10.2 Å². The zero-order valence-electron chi connectivity index (χ0n) is 18.0. The Hall–Kier alpha value is -3.24. The third-order valence-corrected chi connectivity index (χ3v) is 6.23. The van der Waals surface area contributed by atoms with Gasteiger partial charge < -0.3 is 14.6 Å². The highest BCUT2D eigenvalue weighted by Gasteiger charge is 2.26. The number of ether oxygens (including phenoxy) is 2. The maximum absolute atomic E-state index is 13.2. The van der Waals surface area contributed by atoms with E-state index in [0.717, 1.165) is 16.9 Å². The zero-order valence-corrected chi connectivity index (χ0v) is 18.8. The van der Waals surface area contributed by atoms with Crippen LogP contribution >= 0.6 is 11.3 Å². The Morgan fingerprint density at radius 1 is 1.09 bits per heavy atom. The van der Waals surface area contributed by atoms with Gasteiger partial charge in [-0.3, -0.25) is 14.2 Å². The highest BCUT2D eigenvalue weighted by molar-refractivity contribution is 7.20. The Bertz CT molecular complexity index is 1260. The van der Waals surface area contributed by atoms with Crippen molar-refractivity contribution in [2.24, 2.45) is 0 Å². The summed E-state index contributed by atoms with van der Waals surface area (Å²) in [6.07, 6.45) is -0.522. The number of carbonyl (C=O) groups is 2. The van der Waals surface area contributed by atoms with Gasteiger partial charge in [-0.1, -0.05) is 30.3 Å². The Kier molecular flexibility index (Phi) is 7.26. The molecule has 0 bridgehead atoms. The normalized spacial score (nSPS) is 12.1. The summed E-state index contributed by atoms with van der Waals surface area (Å²) in [6.45, 7) is 4.87. The Balaban J connectivity index is 2.28. The second kappa shape index (κ2) is 9.92. The van der Waals surface area contributed by atoms with Gasteiger partial charge in [0.15, 0.2) is 0 Å². The Morgan fingerprint density at radius 3 is 2.38 bits per heavy atom. The van der Waals surface area contributed by atoms with Gasteiger partial charge in [-0.05, 0) is 31.9 Å². The van der Waals surface area contributed by atoms with E-state index >= 15 is 0 Å². The van der Waals surface area contributed by atoms with Gasteiger partial charge in [0.2, 0.25) is 0 Å². The molecule has 32 heavy (non-hydrogen) atoms. The molecular weight excluding hydrogens is 436 g/mol. The standard InChI is InChI=1S/C22H24N2O7S/c1-4-30-15(14-9-7-6-8-10-14)11-24-20-17(13(3)18(32-20)21(28)31-5-2)19(27)23(22(24)29)12-16(25)26/h6-10,15H,4-5,11-12H2,1-3H3,(H,25,26).